The Labute approximate surface area is 86.7 Å². The molecule has 2 rings (SSSR count). The number of piperidine rings is 1. The molecule has 0 spiro atoms. The van der Waals surface area contributed by atoms with Gasteiger partial charge in [0, 0.05) is 18.5 Å². The smallest absolute Gasteiger partial charge is 0.198 e. The molecule has 0 radical (unpaired) electrons. The molecule has 72 valence electrons. The normalized spacial score (nSPS) is 18.8. The monoisotopic (exact) mass is 217 g/mol. The first-order valence-corrected chi connectivity index (χ1v) is 5.73. The lowest BCUT2D eigenvalue weighted by atomic mass is 10.2. The van der Waals surface area contributed by atoms with E-state index in [4.69, 9.17) is 11.6 Å². The van der Waals surface area contributed by atoms with Gasteiger partial charge in [0.1, 0.15) is 5.15 Å². The molecule has 13 heavy (non-hydrogen) atoms. The zero-order valence-corrected chi connectivity index (χ0v) is 8.87. The van der Waals surface area contributed by atoms with E-state index in [0.717, 1.165) is 18.2 Å². The molecule has 1 aliphatic heterocycles. The predicted molar refractivity (Wildman–Crippen MR) is 56.2 cm³/mol. The molecule has 0 aromatic carbocycles. The van der Waals surface area contributed by atoms with Gasteiger partial charge in [0.05, 0.1) is 0 Å². The Kier molecular flexibility index (Phi) is 3.03. The van der Waals surface area contributed by atoms with Crippen LogP contribution in [0.5, 0.6) is 0 Å². The second-order valence-electron chi connectivity index (χ2n) is 3.13. The highest BCUT2D eigenvalue weighted by Gasteiger charge is 2.10. The minimum atomic E-state index is 0.574. The fourth-order valence-electron chi connectivity index (χ4n) is 1.45. The number of hydrazine groups is 1. The summed E-state index contributed by atoms with van der Waals surface area (Å²) < 4.78 is 0. The van der Waals surface area contributed by atoms with Crippen LogP contribution in [0.25, 0.3) is 0 Å². The van der Waals surface area contributed by atoms with E-state index < -0.39 is 0 Å². The highest BCUT2D eigenvalue weighted by Crippen LogP contribution is 2.20. The lowest BCUT2D eigenvalue weighted by Gasteiger charge is -2.26. The molecule has 1 aromatic rings. The average Bonchev–Trinajstić information content (AvgIpc) is 2.53. The van der Waals surface area contributed by atoms with Gasteiger partial charge in [-0.1, -0.05) is 18.0 Å². The van der Waals surface area contributed by atoms with Crippen LogP contribution < -0.4 is 5.43 Å². The molecule has 0 bridgehead atoms. The van der Waals surface area contributed by atoms with Gasteiger partial charge >= 0.3 is 0 Å². The van der Waals surface area contributed by atoms with Gasteiger partial charge < -0.3 is 0 Å². The van der Waals surface area contributed by atoms with Crippen molar-refractivity contribution in [2.24, 2.45) is 0 Å². The highest BCUT2D eigenvalue weighted by molar-refractivity contribution is 7.14. The van der Waals surface area contributed by atoms with E-state index in [2.05, 4.69) is 15.4 Å². The Morgan fingerprint density at radius 1 is 1.38 bits per heavy atom. The van der Waals surface area contributed by atoms with E-state index in [9.17, 15) is 0 Å². The van der Waals surface area contributed by atoms with Crippen molar-refractivity contribution in [1.82, 2.24) is 9.99 Å². The van der Waals surface area contributed by atoms with Gasteiger partial charge in [0.15, 0.2) is 5.13 Å². The number of rotatable bonds is 2. The van der Waals surface area contributed by atoms with Gasteiger partial charge in [-0.2, -0.15) is 0 Å². The Balaban J connectivity index is 1.89. The first kappa shape index (κ1) is 9.24. The van der Waals surface area contributed by atoms with Crippen LogP contribution in [0.2, 0.25) is 5.15 Å². The maximum absolute atomic E-state index is 5.72. The fourth-order valence-corrected chi connectivity index (χ4v) is 2.31. The van der Waals surface area contributed by atoms with E-state index in [1.807, 2.05) is 5.38 Å². The van der Waals surface area contributed by atoms with Gasteiger partial charge in [-0.3, -0.25) is 5.43 Å². The van der Waals surface area contributed by atoms with Crippen molar-refractivity contribution in [3.63, 3.8) is 0 Å². The number of nitrogens with one attached hydrogen (secondary N) is 1. The zero-order chi connectivity index (χ0) is 9.10. The topological polar surface area (TPSA) is 28.2 Å². The van der Waals surface area contributed by atoms with Crippen LogP contribution in [0.3, 0.4) is 0 Å². The van der Waals surface area contributed by atoms with Crippen molar-refractivity contribution >= 4 is 28.1 Å². The Morgan fingerprint density at radius 3 is 2.77 bits per heavy atom. The highest BCUT2D eigenvalue weighted by atomic mass is 35.5. The lowest BCUT2D eigenvalue weighted by Crippen LogP contribution is -2.34. The summed E-state index contributed by atoms with van der Waals surface area (Å²) in [6.07, 6.45) is 3.88. The molecule has 0 unspecified atom stereocenters. The molecule has 0 amide bonds. The van der Waals surface area contributed by atoms with Crippen molar-refractivity contribution in [1.29, 1.82) is 0 Å². The standard InChI is InChI=1S/C8H12ClN3S/c9-7-6-13-8(10-7)11-12-4-2-1-3-5-12/h6H,1-5H2,(H,10,11). The van der Waals surface area contributed by atoms with Crippen LogP contribution in [-0.4, -0.2) is 23.1 Å². The lowest BCUT2D eigenvalue weighted by molar-refractivity contribution is 0.273. The summed E-state index contributed by atoms with van der Waals surface area (Å²) in [5.41, 5.74) is 3.26. The van der Waals surface area contributed by atoms with Crippen LogP contribution in [0.1, 0.15) is 19.3 Å². The van der Waals surface area contributed by atoms with Gasteiger partial charge in [0.25, 0.3) is 0 Å². The van der Waals surface area contributed by atoms with Crippen LogP contribution >= 0.6 is 22.9 Å². The number of nitrogens with zero attached hydrogens (tertiary/aromatic N) is 2. The summed E-state index contributed by atoms with van der Waals surface area (Å²) in [5.74, 6) is 0. The quantitative estimate of drug-likeness (QED) is 0.826. The molecule has 1 aliphatic rings. The summed E-state index contributed by atoms with van der Waals surface area (Å²) in [5, 5.41) is 5.52. The van der Waals surface area contributed by atoms with Crippen molar-refractivity contribution < 1.29 is 0 Å². The van der Waals surface area contributed by atoms with Gasteiger partial charge in [-0.05, 0) is 12.8 Å². The molecule has 1 fully saturated rings. The van der Waals surface area contributed by atoms with Crippen LogP contribution in [0.4, 0.5) is 5.13 Å². The first-order valence-electron chi connectivity index (χ1n) is 4.47. The third kappa shape index (κ3) is 2.56. The largest absolute Gasteiger partial charge is 0.294 e. The van der Waals surface area contributed by atoms with Gasteiger partial charge in [0.2, 0.25) is 0 Å². The van der Waals surface area contributed by atoms with Gasteiger partial charge in [-0.15, -0.1) is 11.3 Å². The third-order valence-electron chi connectivity index (χ3n) is 2.09. The zero-order valence-electron chi connectivity index (χ0n) is 7.29. The van der Waals surface area contributed by atoms with E-state index in [0.29, 0.717) is 5.15 Å². The summed E-state index contributed by atoms with van der Waals surface area (Å²) in [4.78, 5) is 4.14. The summed E-state index contributed by atoms with van der Waals surface area (Å²) in [7, 11) is 0. The summed E-state index contributed by atoms with van der Waals surface area (Å²) in [6, 6.07) is 0. The molecule has 0 atom stereocenters. The maximum Gasteiger partial charge on any atom is 0.198 e. The van der Waals surface area contributed by atoms with Crippen LogP contribution in [-0.2, 0) is 0 Å². The Hall–Kier alpha value is -0.320. The van der Waals surface area contributed by atoms with E-state index in [1.165, 1.54) is 19.3 Å². The number of anilines is 1. The molecule has 1 saturated heterocycles. The van der Waals surface area contributed by atoms with E-state index in [1.54, 1.807) is 11.3 Å². The molecular weight excluding hydrogens is 206 g/mol. The maximum atomic E-state index is 5.72. The van der Waals surface area contributed by atoms with Crippen molar-refractivity contribution in [2.45, 2.75) is 19.3 Å². The Bertz CT molecular complexity index is 270. The molecule has 5 heteroatoms. The second-order valence-corrected chi connectivity index (χ2v) is 4.38. The SMILES string of the molecule is Clc1csc(NN2CCCCC2)n1. The van der Waals surface area contributed by atoms with Crippen molar-refractivity contribution in [3.05, 3.63) is 10.5 Å². The molecule has 1 N–H and O–H groups in total. The molecule has 1 aromatic heterocycles. The summed E-state index contributed by atoms with van der Waals surface area (Å²) in [6.45, 7) is 2.22. The van der Waals surface area contributed by atoms with Crippen LogP contribution in [0.15, 0.2) is 5.38 Å². The van der Waals surface area contributed by atoms with Crippen molar-refractivity contribution in [2.75, 3.05) is 18.5 Å². The minimum absolute atomic E-state index is 0.574. The molecule has 0 aliphatic carbocycles. The molecule has 3 nitrogen and oxygen atoms in total. The third-order valence-corrected chi connectivity index (χ3v) is 3.16. The molecular formula is C8H12ClN3S. The number of aromatic nitrogens is 1. The number of hydrogen-bond donors (Lipinski definition) is 1. The molecule has 0 saturated carbocycles. The molecule has 2 heterocycles. The number of halogens is 1. The van der Waals surface area contributed by atoms with Gasteiger partial charge in [-0.25, -0.2) is 9.99 Å². The average molecular weight is 218 g/mol. The van der Waals surface area contributed by atoms with Crippen LogP contribution in [0, 0.1) is 0 Å². The first-order chi connectivity index (χ1) is 6.34. The second kappa shape index (κ2) is 4.26. The van der Waals surface area contributed by atoms with Crippen molar-refractivity contribution in [3.8, 4) is 0 Å². The minimum Gasteiger partial charge on any atom is -0.294 e. The summed E-state index contributed by atoms with van der Waals surface area (Å²) >= 11 is 7.27. The number of thiazole rings is 1. The fraction of sp³-hybridized carbons (Fsp3) is 0.625. The van der Waals surface area contributed by atoms with E-state index in [-0.39, 0.29) is 0 Å². The Morgan fingerprint density at radius 2 is 2.15 bits per heavy atom. The predicted octanol–water partition coefficient (Wildman–Crippen LogP) is 2.61. The van der Waals surface area contributed by atoms with E-state index >= 15 is 0 Å². The number of hydrogen-bond acceptors (Lipinski definition) is 4.